The smallest absolute Gasteiger partial charge is 0.222 e. The third-order valence-corrected chi connectivity index (χ3v) is 5.05. The number of piperidine rings is 1. The summed E-state index contributed by atoms with van der Waals surface area (Å²) in [6, 6.07) is 0. The van der Waals surface area contributed by atoms with Gasteiger partial charge in [-0.1, -0.05) is 32.6 Å². The predicted molar refractivity (Wildman–Crippen MR) is 95.0 cm³/mol. The van der Waals surface area contributed by atoms with E-state index in [4.69, 9.17) is 12.2 Å². The molecule has 2 rings (SSSR count). The lowest BCUT2D eigenvalue weighted by atomic mass is 9.96. The number of likely N-dealkylation sites (tertiary alicyclic amines) is 1. The lowest BCUT2D eigenvalue weighted by Gasteiger charge is -2.32. The Balaban J connectivity index is 1.87. The van der Waals surface area contributed by atoms with Crippen molar-refractivity contribution in [2.45, 2.75) is 77.7 Å². The highest BCUT2D eigenvalue weighted by atomic mass is 32.1. The van der Waals surface area contributed by atoms with Gasteiger partial charge in [-0.3, -0.25) is 9.89 Å². The highest BCUT2D eigenvalue weighted by Crippen LogP contribution is 2.26. The molecule has 1 aromatic rings. The molecule has 0 aromatic carbocycles. The maximum absolute atomic E-state index is 12.4. The number of amides is 1. The van der Waals surface area contributed by atoms with Crippen molar-refractivity contribution in [3.63, 3.8) is 0 Å². The number of nitrogens with one attached hydrogen (secondary N) is 1. The van der Waals surface area contributed by atoms with E-state index in [-0.39, 0.29) is 0 Å². The van der Waals surface area contributed by atoms with Gasteiger partial charge >= 0.3 is 0 Å². The molecule has 0 bridgehead atoms. The van der Waals surface area contributed by atoms with E-state index in [0.717, 1.165) is 44.7 Å². The zero-order valence-corrected chi connectivity index (χ0v) is 15.3. The topological polar surface area (TPSA) is 53.9 Å². The average Bonchev–Trinajstić information content (AvgIpc) is 2.95. The van der Waals surface area contributed by atoms with Crippen LogP contribution in [0.2, 0.25) is 0 Å². The molecule has 1 fully saturated rings. The van der Waals surface area contributed by atoms with Crippen molar-refractivity contribution < 1.29 is 4.79 Å². The first-order chi connectivity index (χ1) is 11.2. The molecule has 0 saturated carbocycles. The van der Waals surface area contributed by atoms with Gasteiger partial charge in [0.2, 0.25) is 5.91 Å². The summed E-state index contributed by atoms with van der Waals surface area (Å²) < 4.78 is 2.74. The predicted octanol–water partition coefficient (Wildman–Crippen LogP) is 4.03. The molecule has 1 atom stereocenters. The summed E-state index contributed by atoms with van der Waals surface area (Å²) in [5.41, 5.74) is 0. The molecule has 1 amide bonds. The number of hydrogen-bond donors (Lipinski definition) is 1. The zero-order chi connectivity index (χ0) is 16.7. The van der Waals surface area contributed by atoms with Crippen LogP contribution < -0.4 is 0 Å². The molecule has 130 valence electrons. The van der Waals surface area contributed by atoms with Crippen LogP contribution in [0.25, 0.3) is 0 Å². The van der Waals surface area contributed by atoms with Gasteiger partial charge in [-0.25, -0.2) is 0 Å². The quantitative estimate of drug-likeness (QED) is 0.575. The van der Waals surface area contributed by atoms with Gasteiger partial charge in [0.15, 0.2) is 4.77 Å². The van der Waals surface area contributed by atoms with Gasteiger partial charge in [0, 0.05) is 32.0 Å². The Kier molecular flexibility index (Phi) is 7.27. The van der Waals surface area contributed by atoms with Gasteiger partial charge in [-0.2, -0.15) is 5.10 Å². The number of nitrogens with zero attached hydrogens (tertiary/aromatic N) is 3. The van der Waals surface area contributed by atoms with E-state index in [2.05, 4.69) is 28.6 Å². The highest BCUT2D eigenvalue weighted by molar-refractivity contribution is 7.71. The Labute approximate surface area is 144 Å². The Bertz CT molecular complexity index is 551. The summed E-state index contributed by atoms with van der Waals surface area (Å²) in [6.45, 7) is 6.79. The first-order valence-electron chi connectivity index (χ1n) is 9.10. The SMILES string of the molecule is CCCCCCCC(=O)N1CCC[C@@H](c2n[nH]c(=S)n2CC)C1. The zero-order valence-electron chi connectivity index (χ0n) is 14.5. The normalized spacial score (nSPS) is 18.3. The van der Waals surface area contributed by atoms with E-state index < -0.39 is 0 Å². The van der Waals surface area contributed by atoms with Crippen molar-refractivity contribution in [1.29, 1.82) is 0 Å². The average molecular weight is 339 g/mol. The van der Waals surface area contributed by atoms with E-state index in [1.807, 2.05) is 4.90 Å². The van der Waals surface area contributed by atoms with Gasteiger partial charge in [0.1, 0.15) is 5.82 Å². The molecule has 1 saturated heterocycles. The standard InChI is InChI=1S/C17H30N4OS/c1-3-5-6-7-8-11-15(22)20-12-9-10-14(13-20)16-18-19-17(23)21(16)4-2/h14H,3-13H2,1-2H3,(H,19,23)/t14-/m1/s1. The molecule has 1 aliphatic heterocycles. The fourth-order valence-corrected chi connectivity index (χ4v) is 3.67. The summed E-state index contributed by atoms with van der Waals surface area (Å²) in [6.07, 6.45) is 8.79. The molecule has 6 heteroatoms. The van der Waals surface area contributed by atoms with Crippen molar-refractivity contribution in [3.8, 4) is 0 Å². The van der Waals surface area contributed by atoms with Crippen LogP contribution in [0.4, 0.5) is 0 Å². The van der Waals surface area contributed by atoms with E-state index in [1.54, 1.807) is 0 Å². The number of H-pyrrole nitrogens is 1. The van der Waals surface area contributed by atoms with E-state index in [1.165, 1.54) is 25.7 Å². The van der Waals surface area contributed by atoms with Crippen molar-refractivity contribution in [2.24, 2.45) is 0 Å². The Morgan fingerprint density at radius 3 is 2.83 bits per heavy atom. The fourth-order valence-electron chi connectivity index (χ4n) is 3.40. The van der Waals surface area contributed by atoms with E-state index in [0.29, 0.717) is 23.0 Å². The van der Waals surface area contributed by atoms with E-state index in [9.17, 15) is 4.79 Å². The van der Waals surface area contributed by atoms with Gasteiger partial charge in [0.05, 0.1) is 0 Å². The second-order valence-electron chi connectivity index (χ2n) is 6.47. The molecular formula is C17H30N4OS. The molecule has 1 aliphatic rings. The van der Waals surface area contributed by atoms with Gasteiger partial charge < -0.3 is 9.47 Å². The number of carbonyl (C=O) groups is 1. The van der Waals surface area contributed by atoms with Gasteiger partial charge in [0.25, 0.3) is 0 Å². The van der Waals surface area contributed by atoms with Crippen LogP contribution in [-0.2, 0) is 11.3 Å². The van der Waals surface area contributed by atoms with Crippen LogP contribution in [0, 0.1) is 4.77 Å². The van der Waals surface area contributed by atoms with Crippen molar-refractivity contribution in [3.05, 3.63) is 10.6 Å². The molecule has 0 radical (unpaired) electrons. The maximum Gasteiger partial charge on any atom is 0.222 e. The monoisotopic (exact) mass is 338 g/mol. The lowest BCUT2D eigenvalue weighted by molar-refractivity contribution is -0.132. The molecule has 2 heterocycles. The third-order valence-electron chi connectivity index (χ3n) is 4.74. The Morgan fingerprint density at radius 1 is 1.30 bits per heavy atom. The van der Waals surface area contributed by atoms with Crippen molar-refractivity contribution in [2.75, 3.05) is 13.1 Å². The number of hydrogen-bond acceptors (Lipinski definition) is 3. The Morgan fingerprint density at radius 2 is 2.09 bits per heavy atom. The van der Waals surface area contributed by atoms with Crippen LogP contribution in [0.15, 0.2) is 0 Å². The van der Waals surface area contributed by atoms with Crippen molar-refractivity contribution in [1.82, 2.24) is 19.7 Å². The minimum absolute atomic E-state index is 0.306. The minimum atomic E-state index is 0.306. The Hall–Kier alpha value is -1.17. The molecular weight excluding hydrogens is 308 g/mol. The molecule has 5 nitrogen and oxygen atoms in total. The fraction of sp³-hybridized carbons (Fsp3) is 0.824. The summed E-state index contributed by atoms with van der Waals surface area (Å²) in [5.74, 6) is 1.63. The third kappa shape index (κ3) is 4.90. The van der Waals surface area contributed by atoms with Crippen LogP contribution >= 0.6 is 12.2 Å². The first kappa shape index (κ1) is 18.2. The van der Waals surface area contributed by atoms with Crippen LogP contribution in [0.5, 0.6) is 0 Å². The van der Waals surface area contributed by atoms with Gasteiger partial charge in [-0.05, 0) is 38.4 Å². The largest absolute Gasteiger partial charge is 0.342 e. The lowest BCUT2D eigenvalue weighted by Crippen LogP contribution is -2.39. The van der Waals surface area contributed by atoms with Crippen LogP contribution in [0.3, 0.4) is 0 Å². The minimum Gasteiger partial charge on any atom is -0.342 e. The number of aromatic nitrogens is 3. The molecule has 23 heavy (non-hydrogen) atoms. The number of rotatable bonds is 8. The maximum atomic E-state index is 12.4. The van der Waals surface area contributed by atoms with Gasteiger partial charge in [-0.15, -0.1) is 0 Å². The second-order valence-corrected chi connectivity index (χ2v) is 6.86. The molecule has 0 unspecified atom stereocenters. The molecule has 1 aromatic heterocycles. The summed E-state index contributed by atoms with van der Waals surface area (Å²) >= 11 is 5.28. The number of unbranched alkanes of at least 4 members (excludes halogenated alkanes) is 4. The summed E-state index contributed by atoms with van der Waals surface area (Å²) in [7, 11) is 0. The number of carbonyl (C=O) groups excluding carboxylic acids is 1. The molecule has 0 spiro atoms. The molecule has 0 aliphatic carbocycles. The van der Waals surface area contributed by atoms with Crippen LogP contribution in [0.1, 0.15) is 77.0 Å². The highest BCUT2D eigenvalue weighted by Gasteiger charge is 2.27. The summed E-state index contributed by atoms with van der Waals surface area (Å²) in [5, 5.41) is 7.30. The van der Waals surface area contributed by atoms with Crippen molar-refractivity contribution >= 4 is 18.1 Å². The van der Waals surface area contributed by atoms with Crippen LogP contribution in [-0.4, -0.2) is 38.7 Å². The number of aromatic amines is 1. The second kappa shape index (κ2) is 9.21. The van der Waals surface area contributed by atoms with E-state index >= 15 is 0 Å². The summed E-state index contributed by atoms with van der Waals surface area (Å²) in [4.78, 5) is 14.5. The molecule has 1 N–H and O–H groups in total. The first-order valence-corrected chi connectivity index (χ1v) is 9.51.